The number of anilines is 1. The van der Waals surface area contributed by atoms with Crippen LogP contribution in [0.5, 0.6) is 5.75 Å². The molecule has 2 aromatic rings. The number of halogens is 2. The number of aryl methyl sites for hydroxylation is 1. The summed E-state index contributed by atoms with van der Waals surface area (Å²) >= 11 is 0. The highest BCUT2D eigenvalue weighted by Gasteiger charge is 2.14. The first kappa shape index (κ1) is 15.3. The molecule has 2 rings (SSSR count). The van der Waals surface area contributed by atoms with E-state index in [2.05, 4.69) is 5.32 Å². The van der Waals surface area contributed by atoms with Gasteiger partial charge in [0, 0.05) is 17.8 Å². The largest absolute Gasteiger partial charge is 0.497 e. The second-order valence-corrected chi connectivity index (χ2v) is 4.74. The lowest BCUT2D eigenvalue weighted by Crippen LogP contribution is -2.14. The number of hydrogen-bond donors (Lipinski definition) is 2. The fourth-order valence-electron chi connectivity index (χ4n) is 2.05. The van der Waals surface area contributed by atoms with Crippen LogP contribution >= 0.6 is 0 Å². The zero-order chi connectivity index (χ0) is 15.4. The second-order valence-electron chi connectivity index (χ2n) is 4.74. The summed E-state index contributed by atoms with van der Waals surface area (Å²) < 4.78 is 31.8. The topological polar surface area (TPSA) is 41.5 Å². The van der Waals surface area contributed by atoms with Gasteiger partial charge in [0.05, 0.1) is 13.2 Å². The molecule has 2 N–H and O–H groups in total. The number of methoxy groups -OCH3 is 1. The maximum absolute atomic E-state index is 13.6. The average Bonchev–Trinajstić information content (AvgIpc) is 2.48. The Morgan fingerprint density at radius 1 is 1.19 bits per heavy atom. The lowest BCUT2D eigenvalue weighted by Gasteiger charge is -2.16. The van der Waals surface area contributed by atoms with Crippen molar-refractivity contribution >= 4 is 5.69 Å². The van der Waals surface area contributed by atoms with Crippen molar-refractivity contribution in [2.45, 2.75) is 13.0 Å². The zero-order valence-electron chi connectivity index (χ0n) is 11.9. The highest BCUT2D eigenvalue weighted by atomic mass is 19.1. The van der Waals surface area contributed by atoms with E-state index in [1.54, 1.807) is 13.2 Å². The van der Waals surface area contributed by atoms with Gasteiger partial charge in [0.2, 0.25) is 0 Å². The van der Waals surface area contributed by atoms with E-state index in [0.29, 0.717) is 0 Å². The van der Waals surface area contributed by atoms with Crippen molar-refractivity contribution in [3.8, 4) is 5.75 Å². The molecule has 0 bridgehead atoms. The minimum atomic E-state index is -1.14. The van der Waals surface area contributed by atoms with Gasteiger partial charge >= 0.3 is 0 Å². The number of nitrogens with one attached hydrogen (secondary N) is 1. The molecule has 0 aliphatic carbocycles. The highest BCUT2D eigenvalue weighted by molar-refractivity contribution is 5.53. The van der Waals surface area contributed by atoms with Crippen molar-refractivity contribution in [1.29, 1.82) is 0 Å². The number of benzene rings is 2. The lowest BCUT2D eigenvalue weighted by atomic mass is 10.1. The predicted octanol–water partition coefficient (Wildman–Crippen LogP) is 3.43. The van der Waals surface area contributed by atoms with Gasteiger partial charge in [0.1, 0.15) is 17.4 Å². The van der Waals surface area contributed by atoms with Gasteiger partial charge in [-0.25, -0.2) is 8.78 Å². The van der Waals surface area contributed by atoms with E-state index in [1.165, 1.54) is 0 Å². The molecule has 2 aromatic carbocycles. The third kappa shape index (κ3) is 3.70. The third-order valence-corrected chi connectivity index (χ3v) is 3.24. The van der Waals surface area contributed by atoms with Crippen molar-refractivity contribution in [3.05, 3.63) is 59.2 Å². The minimum absolute atomic E-state index is 0.0614. The summed E-state index contributed by atoms with van der Waals surface area (Å²) in [6.45, 7) is 1.97. The van der Waals surface area contributed by atoms with Crippen LogP contribution in [-0.4, -0.2) is 18.8 Å². The van der Waals surface area contributed by atoms with Crippen molar-refractivity contribution in [2.75, 3.05) is 19.0 Å². The van der Waals surface area contributed by atoms with Crippen molar-refractivity contribution < 1.29 is 18.6 Å². The van der Waals surface area contributed by atoms with E-state index in [9.17, 15) is 13.9 Å². The minimum Gasteiger partial charge on any atom is -0.497 e. The van der Waals surface area contributed by atoms with Crippen LogP contribution in [0.2, 0.25) is 0 Å². The maximum atomic E-state index is 13.6. The molecule has 0 saturated carbocycles. The molecule has 21 heavy (non-hydrogen) atoms. The van der Waals surface area contributed by atoms with Crippen molar-refractivity contribution in [1.82, 2.24) is 0 Å². The van der Waals surface area contributed by atoms with Crippen LogP contribution in [0.25, 0.3) is 0 Å². The Morgan fingerprint density at radius 2 is 1.95 bits per heavy atom. The smallest absolute Gasteiger partial charge is 0.129 e. The number of ether oxygens (including phenoxy) is 1. The van der Waals surface area contributed by atoms with Crippen LogP contribution in [0, 0.1) is 18.6 Å². The first-order valence-corrected chi connectivity index (χ1v) is 6.53. The molecular weight excluding hydrogens is 276 g/mol. The van der Waals surface area contributed by atoms with Gasteiger partial charge < -0.3 is 15.2 Å². The molecule has 0 aliphatic heterocycles. The van der Waals surface area contributed by atoms with E-state index >= 15 is 0 Å². The number of rotatable bonds is 5. The Labute approximate surface area is 122 Å². The molecule has 0 saturated heterocycles. The first-order valence-electron chi connectivity index (χ1n) is 6.53. The first-order chi connectivity index (χ1) is 10.0. The van der Waals surface area contributed by atoms with Crippen LogP contribution in [0.1, 0.15) is 17.2 Å². The SMILES string of the molecule is COc1ccc(NCC(O)c2cc(F)ccc2F)c(C)c1. The third-order valence-electron chi connectivity index (χ3n) is 3.24. The molecule has 0 amide bonds. The van der Waals surface area contributed by atoms with Crippen LogP contribution < -0.4 is 10.1 Å². The molecule has 1 unspecified atom stereocenters. The van der Waals surface area contributed by atoms with E-state index in [4.69, 9.17) is 4.74 Å². The molecule has 0 aliphatic rings. The van der Waals surface area contributed by atoms with Gasteiger partial charge in [-0.3, -0.25) is 0 Å². The van der Waals surface area contributed by atoms with Crippen LogP contribution in [0.3, 0.4) is 0 Å². The number of aliphatic hydroxyl groups excluding tert-OH is 1. The Hall–Kier alpha value is -2.14. The van der Waals surface area contributed by atoms with Gasteiger partial charge in [-0.05, 0) is 48.9 Å². The molecule has 0 spiro atoms. The molecule has 5 heteroatoms. The van der Waals surface area contributed by atoms with Gasteiger partial charge in [0.15, 0.2) is 0 Å². The highest BCUT2D eigenvalue weighted by Crippen LogP contribution is 2.23. The van der Waals surface area contributed by atoms with E-state index in [0.717, 1.165) is 35.2 Å². The van der Waals surface area contributed by atoms with Gasteiger partial charge in [0.25, 0.3) is 0 Å². The van der Waals surface area contributed by atoms with E-state index < -0.39 is 17.7 Å². The molecule has 0 heterocycles. The molecule has 112 valence electrons. The van der Waals surface area contributed by atoms with Crippen molar-refractivity contribution in [3.63, 3.8) is 0 Å². The zero-order valence-corrected chi connectivity index (χ0v) is 11.9. The van der Waals surface area contributed by atoms with Crippen molar-refractivity contribution in [2.24, 2.45) is 0 Å². The van der Waals surface area contributed by atoms with E-state index in [1.807, 2.05) is 19.1 Å². The summed E-state index contributed by atoms with van der Waals surface area (Å²) in [5.74, 6) is -0.474. The summed E-state index contributed by atoms with van der Waals surface area (Å²) in [4.78, 5) is 0. The summed E-state index contributed by atoms with van der Waals surface area (Å²) in [5, 5.41) is 13.0. The van der Waals surface area contributed by atoms with E-state index in [-0.39, 0.29) is 12.1 Å². The Bertz CT molecular complexity index is 632. The normalized spacial score (nSPS) is 12.0. The summed E-state index contributed by atoms with van der Waals surface area (Å²) in [7, 11) is 1.58. The Morgan fingerprint density at radius 3 is 2.62 bits per heavy atom. The molecule has 3 nitrogen and oxygen atoms in total. The Balaban J connectivity index is 2.07. The summed E-state index contributed by atoms with van der Waals surface area (Å²) in [6, 6.07) is 8.46. The number of aliphatic hydroxyl groups is 1. The molecule has 0 aromatic heterocycles. The molecule has 0 radical (unpaired) electrons. The lowest BCUT2D eigenvalue weighted by molar-refractivity contribution is 0.186. The average molecular weight is 293 g/mol. The maximum Gasteiger partial charge on any atom is 0.129 e. The predicted molar refractivity (Wildman–Crippen MR) is 77.5 cm³/mol. The molecular formula is C16H17F2NO2. The standard InChI is InChI=1S/C16H17F2NO2/c1-10-7-12(21-2)4-6-15(10)19-9-16(20)13-8-11(17)3-5-14(13)18/h3-8,16,19-20H,9H2,1-2H3. The fourth-order valence-corrected chi connectivity index (χ4v) is 2.05. The fraction of sp³-hybridized carbons (Fsp3) is 0.250. The summed E-state index contributed by atoms with van der Waals surface area (Å²) in [5.41, 5.74) is 1.67. The quantitative estimate of drug-likeness (QED) is 0.887. The monoisotopic (exact) mass is 293 g/mol. The molecule has 1 atom stereocenters. The summed E-state index contributed by atoms with van der Waals surface area (Å²) in [6.07, 6.45) is -1.14. The van der Waals surface area contributed by atoms with Gasteiger partial charge in [-0.1, -0.05) is 0 Å². The molecule has 0 fully saturated rings. The van der Waals surface area contributed by atoms with Crippen LogP contribution in [0.4, 0.5) is 14.5 Å². The number of hydrogen-bond acceptors (Lipinski definition) is 3. The van der Waals surface area contributed by atoms with Gasteiger partial charge in [-0.2, -0.15) is 0 Å². The van der Waals surface area contributed by atoms with Gasteiger partial charge in [-0.15, -0.1) is 0 Å². The Kier molecular flexibility index (Phi) is 4.75. The van der Waals surface area contributed by atoms with Crippen LogP contribution in [-0.2, 0) is 0 Å². The second kappa shape index (κ2) is 6.54. The van der Waals surface area contributed by atoms with Crippen LogP contribution in [0.15, 0.2) is 36.4 Å².